The third-order valence-corrected chi connectivity index (χ3v) is 1.97. The third kappa shape index (κ3) is 3.80. The van der Waals surface area contributed by atoms with Crippen molar-refractivity contribution >= 4 is 5.69 Å². The van der Waals surface area contributed by atoms with E-state index in [4.69, 9.17) is 15.2 Å². The van der Waals surface area contributed by atoms with E-state index >= 15 is 0 Å². The van der Waals surface area contributed by atoms with Crippen LogP contribution in [0.4, 0.5) is 5.69 Å². The van der Waals surface area contributed by atoms with Gasteiger partial charge in [0.2, 0.25) is 0 Å². The van der Waals surface area contributed by atoms with Gasteiger partial charge in [0.05, 0.1) is 25.0 Å². The summed E-state index contributed by atoms with van der Waals surface area (Å²) >= 11 is 0. The highest BCUT2D eigenvalue weighted by molar-refractivity contribution is 5.54. The highest BCUT2D eigenvalue weighted by Crippen LogP contribution is 2.23. The Bertz CT molecular complexity index is 329. The summed E-state index contributed by atoms with van der Waals surface area (Å²) in [4.78, 5) is 0. The lowest BCUT2D eigenvalue weighted by atomic mass is 10.1. The second kappa shape index (κ2) is 4.53. The van der Waals surface area contributed by atoms with Crippen molar-refractivity contribution in [2.75, 3.05) is 12.8 Å². The molecule has 0 aliphatic heterocycles. The molecular formula is C12H19NO2. The number of rotatable bonds is 3. The molecule has 0 spiro atoms. The van der Waals surface area contributed by atoms with Crippen LogP contribution in [0.25, 0.3) is 0 Å². The van der Waals surface area contributed by atoms with Gasteiger partial charge in [-0.2, -0.15) is 0 Å². The van der Waals surface area contributed by atoms with Crippen LogP contribution in [0.5, 0.6) is 5.75 Å². The molecule has 0 unspecified atom stereocenters. The van der Waals surface area contributed by atoms with Gasteiger partial charge in [-0.15, -0.1) is 0 Å². The van der Waals surface area contributed by atoms with E-state index in [1.807, 2.05) is 39.0 Å². The summed E-state index contributed by atoms with van der Waals surface area (Å²) in [6, 6.07) is 5.70. The highest BCUT2D eigenvalue weighted by Gasteiger charge is 2.10. The minimum Gasteiger partial charge on any atom is -0.495 e. The Morgan fingerprint density at radius 2 is 1.93 bits per heavy atom. The molecule has 3 nitrogen and oxygen atoms in total. The summed E-state index contributed by atoms with van der Waals surface area (Å²) in [6.45, 7) is 6.65. The maximum absolute atomic E-state index is 5.79. The monoisotopic (exact) mass is 209 g/mol. The van der Waals surface area contributed by atoms with Crippen molar-refractivity contribution in [2.45, 2.75) is 33.0 Å². The van der Waals surface area contributed by atoms with Crippen molar-refractivity contribution in [3.63, 3.8) is 0 Å². The average Bonchev–Trinajstić information content (AvgIpc) is 2.14. The van der Waals surface area contributed by atoms with E-state index in [0.29, 0.717) is 18.0 Å². The van der Waals surface area contributed by atoms with Crippen LogP contribution in [-0.2, 0) is 11.3 Å². The van der Waals surface area contributed by atoms with Gasteiger partial charge < -0.3 is 15.2 Å². The highest BCUT2D eigenvalue weighted by atomic mass is 16.5. The molecular weight excluding hydrogens is 190 g/mol. The van der Waals surface area contributed by atoms with Gasteiger partial charge in [-0.3, -0.25) is 0 Å². The van der Waals surface area contributed by atoms with Crippen LogP contribution in [0, 0.1) is 0 Å². The molecule has 0 aromatic heterocycles. The number of anilines is 1. The summed E-state index contributed by atoms with van der Waals surface area (Å²) < 4.78 is 10.7. The van der Waals surface area contributed by atoms with Crippen molar-refractivity contribution in [2.24, 2.45) is 0 Å². The Hall–Kier alpha value is -1.22. The maximum atomic E-state index is 5.79. The van der Waals surface area contributed by atoms with Gasteiger partial charge in [0.15, 0.2) is 0 Å². The van der Waals surface area contributed by atoms with Crippen molar-refractivity contribution in [3.8, 4) is 5.75 Å². The van der Waals surface area contributed by atoms with Crippen LogP contribution in [0.3, 0.4) is 0 Å². The standard InChI is InChI=1S/C12H19NO2/c1-12(2,3)15-8-9-5-6-11(14-4)10(13)7-9/h5-7H,8,13H2,1-4H3. The molecule has 0 heterocycles. The Kier molecular flexibility index (Phi) is 3.58. The lowest BCUT2D eigenvalue weighted by Gasteiger charge is -2.19. The number of nitrogen functional groups attached to an aromatic ring is 1. The van der Waals surface area contributed by atoms with Gasteiger partial charge in [0.1, 0.15) is 5.75 Å². The second-order valence-electron chi connectivity index (χ2n) is 4.48. The molecule has 0 aliphatic carbocycles. The summed E-state index contributed by atoms with van der Waals surface area (Å²) in [7, 11) is 1.61. The topological polar surface area (TPSA) is 44.5 Å². The molecule has 1 rings (SSSR count). The quantitative estimate of drug-likeness (QED) is 0.778. The summed E-state index contributed by atoms with van der Waals surface area (Å²) in [6.07, 6.45) is 0. The molecule has 0 atom stereocenters. The zero-order valence-electron chi connectivity index (χ0n) is 9.83. The van der Waals surface area contributed by atoms with Gasteiger partial charge >= 0.3 is 0 Å². The summed E-state index contributed by atoms with van der Waals surface area (Å²) in [5, 5.41) is 0. The first-order chi connectivity index (χ1) is 6.92. The van der Waals surface area contributed by atoms with E-state index in [0.717, 1.165) is 5.56 Å². The van der Waals surface area contributed by atoms with E-state index in [9.17, 15) is 0 Å². The van der Waals surface area contributed by atoms with E-state index in [1.54, 1.807) is 7.11 Å². The first-order valence-electron chi connectivity index (χ1n) is 4.99. The fourth-order valence-electron chi connectivity index (χ4n) is 1.17. The molecule has 15 heavy (non-hydrogen) atoms. The Morgan fingerprint density at radius 3 is 2.40 bits per heavy atom. The van der Waals surface area contributed by atoms with Crippen LogP contribution in [0.15, 0.2) is 18.2 Å². The van der Waals surface area contributed by atoms with Gasteiger partial charge in [-0.1, -0.05) is 6.07 Å². The molecule has 0 saturated carbocycles. The smallest absolute Gasteiger partial charge is 0.141 e. The molecule has 1 aromatic rings. The van der Waals surface area contributed by atoms with E-state index < -0.39 is 0 Å². The molecule has 0 saturated heterocycles. The molecule has 0 aliphatic rings. The third-order valence-electron chi connectivity index (χ3n) is 1.97. The minimum absolute atomic E-state index is 0.130. The zero-order valence-corrected chi connectivity index (χ0v) is 9.83. The fraction of sp³-hybridized carbons (Fsp3) is 0.500. The molecule has 0 radical (unpaired) electrons. The maximum Gasteiger partial charge on any atom is 0.141 e. The first kappa shape index (κ1) is 11.9. The molecule has 1 aromatic carbocycles. The average molecular weight is 209 g/mol. The van der Waals surface area contributed by atoms with Crippen molar-refractivity contribution in [3.05, 3.63) is 23.8 Å². The zero-order chi connectivity index (χ0) is 11.5. The first-order valence-corrected chi connectivity index (χ1v) is 4.99. The molecule has 84 valence electrons. The summed E-state index contributed by atoms with van der Waals surface area (Å²) in [5.74, 6) is 0.703. The summed E-state index contributed by atoms with van der Waals surface area (Å²) in [5.41, 5.74) is 7.36. The normalized spacial score (nSPS) is 11.5. The SMILES string of the molecule is COc1ccc(COC(C)(C)C)cc1N. The van der Waals surface area contributed by atoms with Crippen LogP contribution in [-0.4, -0.2) is 12.7 Å². The van der Waals surface area contributed by atoms with Crippen LogP contribution < -0.4 is 10.5 Å². The number of hydrogen-bond donors (Lipinski definition) is 1. The molecule has 0 fully saturated rings. The minimum atomic E-state index is -0.130. The number of methoxy groups -OCH3 is 1. The van der Waals surface area contributed by atoms with Gasteiger partial charge in [-0.25, -0.2) is 0 Å². The lowest BCUT2D eigenvalue weighted by Crippen LogP contribution is -2.18. The molecule has 3 heteroatoms. The van der Waals surface area contributed by atoms with E-state index in [1.165, 1.54) is 0 Å². The Balaban J connectivity index is 2.68. The Morgan fingerprint density at radius 1 is 1.27 bits per heavy atom. The predicted octanol–water partition coefficient (Wildman–Crippen LogP) is 2.59. The van der Waals surface area contributed by atoms with E-state index in [2.05, 4.69) is 0 Å². The number of ether oxygens (including phenoxy) is 2. The van der Waals surface area contributed by atoms with Gasteiger partial charge in [0.25, 0.3) is 0 Å². The molecule has 0 bridgehead atoms. The second-order valence-corrected chi connectivity index (χ2v) is 4.48. The van der Waals surface area contributed by atoms with Crippen LogP contribution >= 0.6 is 0 Å². The number of nitrogens with two attached hydrogens (primary N) is 1. The van der Waals surface area contributed by atoms with E-state index in [-0.39, 0.29) is 5.60 Å². The van der Waals surface area contributed by atoms with Crippen molar-refractivity contribution in [1.82, 2.24) is 0 Å². The van der Waals surface area contributed by atoms with Crippen LogP contribution in [0.1, 0.15) is 26.3 Å². The molecule has 0 amide bonds. The fourth-order valence-corrected chi connectivity index (χ4v) is 1.17. The Labute approximate surface area is 91.2 Å². The van der Waals surface area contributed by atoms with Crippen LogP contribution in [0.2, 0.25) is 0 Å². The molecule has 2 N–H and O–H groups in total. The van der Waals surface area contributed by atoms with Crippen molar-refractivity contribution < 1.29 is 9.47 Å². The van der Waals surface area contributed by atoms with Crippen molar-refractivity contribution in [1.29, 1.82) is 0 Å². The number of benzene rings is 1. The lowest BCUT2D eigenvalue weighted by molar-refractivity contribution is -0.0149. The number of hydrogen-bond acceptors (Lipinski definition) is 3. The van der Waals surface area contributed by atoms with Gasteiger partial charge in [0, 0.05) is 0 Å². The largest absolute Gasteiger partial charge is 0.495 e. The predicted molar refractivity (Wildman–Crippen MR) is 61.9 cm³/mol. The van der Waals surface area contributed by atoms with Gasteiger partial charge in [-0.05, 0) is 38.5 Å².